The molecule has 6 rings (SSSR count). The van der Waals surface area contributed by atoms with Gasteiger partial charge in [-0.2, -0.15) is 0 Å². The van der Waals surface area contributed by atoms with Gasteiger partial charge in [0.15, 0.2) is 11.9 Å². The zero-order valence-corrected chi connectivity index (χ0v) is 28.3. The molecule has 1 aromatic heterocycles. The SMILES string of the molecule is CCOC(=O)C(C)OP(CCN1CCN(C(=O)c2c3c(c(O)c4ncccc24)C(=O)N(Cc2ccc(F)cc2)C3)CC1)Oc1ccccc1. The number of ether oxygens (including phenoxy) is 1. The second-order valence-corrected chi connectivity index (χ2v) is 13.4. The third kappa shape index (κ3) is 7.67. The van der Waals surface area contributed by atoms with Gasteiger partial charge in [-0.1, -0.05) is 36.4 Å². The smallest absolute Gasteiger partial charge is 0.335 e. The summed E-state index contributed by atoms with van der Waals surface area (Å²) in [6.45, 7) is 6.70. The molecule has 13 heteroatoms. The molecule has 2 aliphatic rings. The van der Waals surface area contributed by atoms with Crippen molar-refractivity contribution in [3.63, 3.8) is 0 Å². The number of pyridine rings is 1. The number of hydrogen-bond donors (Lipinski definition) is 1. The number of nitrogens with zero attached hydrogens (tertiary/aromatic N) is 4. The van der Waals surface area contributed by atoms with Crippen LogP contribution in [0.3, 0.4) is 0 Å². The van der Waals surface area contributed by atoms with Gasteiger partial charge in [-0.15, -0.1) is 0 Å². The van der Waals surface area contributed by atoms with Gasteiger partial charge in [0.05, 0.1) is 17.7 Å². The van der Waals surface area contributed by atoms with Crippen molar-refractivity contribution < 1.29 is 37.7 Å². The van der Waals surface area contributed by atoms with Crippen LogP contribution in [0.15, 0.2) is 72.9 Å². The maximum Gasteiger partial charge on any atom is 0.335 e. The summed E-state index contributed by atoms with van der Waals surface area (Å²) >= 11 is 0. The van der Waals surface area contributed by atoms with Gasteiger partial charge in [-0.05, 0) is 49.7 Å². The summed E-state index contributed by atoms with van der Waals surface area (Å²) in [5.74, 6) is -1.04. The number of amides is 2. The van der Waals surface area contributed by atoms with Gasteiger partial charge in [0.25, 0.3) is 11.8 Å². The van der Waals surface area contributed by atoms with E-state index >= 15 is 0 Å². The van der Waals surface area contributed by atoms with Crippen LogP contribution >= 0.6 is 8.38 Å². The lowest BCUT2D eigenvalue weighted by Crippen LogP contribution is -2.49. The normalized spacial score (nSPS) is 16.0. The van der Waals surface area contributed by atoms with Crippen LogP contribution in [0.1, 0.15) is 45.7 Å². The van der Waals surface area contributed by atoms with Gasteiger partial charge >= 0.3 is 5.97 Å². The molecule has 4 aromatic rings. The van der Waals surface area contributed by atoms with Crippen molar-refractivity contribution in [2.45, 2.75) is 33.0 Å². The molecule has 1 N–H and O–H groups in total. The number of phenols is 1. The van der Waals surface area contributed by atoms with E-state index in [4.69, 9.17) is 13.8 Å². The van der Waals surface area contributed by atoms with Gasteiger partial charge in [-0.3, -0.25) is 19.5 Å². The highest BCUT2D eigenvalue weighted by Crippen LogP contribution is 2.42. The van der Waals surface area contributed by atoms with E-state index in [2.05, 4.69) is 9.88 Å². The first kappa shape index (κ1) is 34.2. The molecule has 2 aliphatic heterocycles. The molecule has 0 aliphatic carbocycles. The number of halogens is 1. The predicted molar refractivity (Wildman–Crippen MR) is 182 cm³/mol. The molecule has 256 valence electrons. The summed E-state index contributed by atoms with van der Waals surface area (Å²) in [4.78, 5) is 50.0. The molecule has 3 aromatic carbocycles. The van der Waals surface area contributed by atoms with Crippen LogP contribution in [-0.2, 0) is 27.1 Å². The Bertz CT molecular complexity index is 1820. The molecule has 0 spiro atoms. The number of aromatic nitrogens is 1. The molecule has 0 radical (unpaired) electrons. The van der Waals surface area contributed by atoms with E-state index < -0.39 is 26.4 Å². The lowest BCUT2D eigenvalue weighted by atomic mass is 9.95. The second kappa shape index (κ2) is 15.3. The quantitative estimate of drug-likeness (QED) is 0.155. The number of esters is 1. The number of aromatic hydroxyl groups is 1. The fourth-order valence-electron chi connectivity index (χ4n) is 6.09. The Balaban J connectivity index is 1.15. The van der Waals surface area contributed by atoms with E-state index in [1.54, 1.807) is 47.9 Å². The fourth-order valence-corrected chi connectivity index (χ4v) is 7.57. The molecule has 1 saturated heterocycles. The third-order valence-corrected chi connectivity index (χ3v) is 10.1. The number of carbonyl (C=O) groups excluding carboxylic acids is 3. The van der Waals surface area contributed by atoms with Crippen molar-refractivity contribution in [1.29, 1.82) is 0 Å². The average molecular weight is 689 g/mol. The Morgan fingerprint density at radius 1 is 1.02 bits per heavy atom. The Morgan fingerprint density at radius 2 is 1.76 bits per heavy atom. The lowest BCUT2D eigenvalue weighted by Gasteiger charge is -2.35. The number of carbonyl (C=O) groups is 3. The molecule has 2 amide bonds. The molecular formula is C36H38FN4O7P. The molecule has 3 heterocycles. The first-order valence-electron chi connectivity index (χ1n) is 16.2. The van der Waals surface area contributed by atoms with Gasteiger partial charge in [-0.25, -0.2) is 9.18 Å². The number of benzene rings is 3. The van der Waals surface area contributed by atoms with Crippen LogP contribution in [0.2, 0.25) is 0 Å². The van der Waals surface area contributed by atoms with Crippen molar-refractivity contribution >= 4 is 37.1 Å². The number of rotatable bonds is 12. The van der Waals surface area contributed by atoms with Crippen molar-refractivity contribution in [3.8, 4) is 11.5 Å². The molecule has 2 atom stereocenters. The van der Waals surface area contributed by atoms with Gasteiger partial charge in [0.2, 0.25) is 8.38 Å². The standard InChI is InChI=1S/C36H38FN4O7P/c1-3-46-36(45)24(2)47-49(48-27-8-5-4-6-9-27)21-20-39-16-18-40(19-17-39)34(43)30-28-10-7-15-38-32(28)33(42)31-29(30)23-41(35(31)44)22-25-11-13-26(37)14-12-25/h4-15,24,42H,3,16-23H2,1-2H3. The lowest BCUT2D eigenvalue weighted by molar-refractivity contribution is -0.150. The monoisotopic (exact) mass is 688 g/mol. The van der Waals surface area contributed by atoms with Crippen molar-refractivity contribution in [2.75, 3.05) is 45.5 Å². The Hall–Kier alpha value is -4.64. The van der Waals surface area contributed by atoms with E-state index in [0.717, 1.165) is 5.56 Å². The van der Waals surface area contributed by atoms with E-state index in [0.29, 0.717) is 61.1 Å². The summed E-state index contributed by atoms with van der Waals surface area (Å²) in [7, 11) is -1.47. The molecular weight excluding hydrogens is 650 g/mol. The first-order valence-corrected chi connectivity index (χ1v) is 17.6. The molecule has 0 bridgehead atoms. The summed E-state index contributed by atoms with van der Waals surface area (Å²) in [5, 5.41) is 11.7. The zero-order chi connectivity index (χ0) is 34.5. The summed E-state index contributed by atoms with van der Waals surface area (Å²) < 4.78 is 30.8. The first-order chi connectivity index (χ1) is 23.7. The van der Waals surface area contributed by atoms with Crippen LogP contribution in [0, 0.1) is 5.82 Å². The topological polar surface area (TPSA) is 122 Å². The number of phenolic OH excluding ortho intramolecular Hbond substituents is 1. The van der Waals surface area contributed by atoms with Gasteiger partial charge in [0.1, 0.15) is 17.1 Å². The minimum atomic E-state index is -1.47. The van der Waals surface area contributed by atoms with Gasteiger partial charge < -0.3 is 28.7 Å². The summed E-state index contributed by atoms with van der Waals surface area (Å²) in [6, 6.07) is 18.7. The minimum absolute atomic E-state index is 0.0825. The number of fused-ring (bicyclic) bond motifs is 2. The molecule has 11 nitrogen and oxygen atoms in total. The maximum atomic E-state index is 14.3. The molecule has 49 heavy (non-hydrogen) atoms. The van der Waals surface area contributed by atoms with Crippen molar-refractivity contribution in [3.05, 3.63) is 101 Å². The van der Waals surface area contributed by atoms with Crippen LogP contribution in [0.25, 0.3) is 10.9 Å². The van der Waals surface area contributed by atoms with Crippen molar-refractivity contribution in [2.24, 2.45) is 0 Å². The largest absolute Gasteiger partial charge is 0.505 e. The van der Waals surface area contributed by atoms with E-state index in [1.807, 2.05) is 30.3 Å². The Morgan fingerprint density at radius 3 is 2.47 bits per heavy atom. The summed E-state index contributed by atoms with van der Waals surface area (Å²) in [6.07, 6.45) is 1.28. The van der Waals surface area contributed by atoms with E-state index in [1.165, 1.54) is 18.3 Å². The molecule has 2 unspecified atom stereocenters. The minimum Gasteiger partial charge on any atom is -0.505 e. The Labute approximate surface area is 285 Å². The second-order valence-electron chi connectivity index (χ2n) is 11.9. The predicted octanol–water partition coefficient (Wildman–Crippen LogP) is 5.35. The number of hydrogen-bond acceptors (Lipinski definition) is 9. The van der Waals surface area contributed by atoms with Crippen LogP contribution in [0.5, 0.6) is 11.5 Å². The van der Waals surface area contributed by atoms with E-state index in [9.17, 15) is 23.9 Å². The van der Waals surface area contributed by atoms with Crippen LogP contribution in [0.4, 0.5) is 4.39 Å². The number of piperazine rings is 1. The van der Waals surface area contributed by atoms with Crippen molar-refractivity contribution in [1.82, 2.24) is 19.7 Å². The molecule has 1 fully saturated rings. The maximum absolute atomic E-state index is 14.3. The fraction of sp³-hybridized carbons (Fsp3) is 0.333. The highest BCUT2D eigenvalue weighted by atomic mass is 31.2. The zero-order valence-electron chi connectivity index (χ0n) is 27.4. The van der Waals surface area contributed by atoms with E-state index in [-0.39, 0.29) is 48.3 Å². The highest BCUT2D eigenvalue weighted by molar-refractivity contribution is 7.47. The van der Waals surface area contributed by atoms with Crippen LogP contribution in [-0.4, -0.2) is 94.2 Å². The van der Waals surface area contributed by atoms with Crippen LogP contribution < -0.4 is 4.52 Å². The highest BCUT2D eigenvalue weighted by Gasteiger charge is 2.38. The molecule has 0 saturated carbocycles. The number of para-hydroxylation sites is 1. The Kier molecular flexibility index (Phi) is 10.7. The average Bonchev–Trinajstić information content (AvgIpc) is 3.43. The third-order valence-electron chi connectivity index (χ3n) is 8.60. The van der Waals surface area contributed by atoms with Gasteiger partial charge in [0, 0.05) is 69.1 Å². The summed E-state index contributed by atoms with van der Waals surface area (Å²) in [5.41, 5.74) is 1.84.